The summed E-state index contributed by atoms with van der Waals surface area (Å²) < 4.78 is 20.7. The molecule has 0 aliphatic carbocycles. The molecular weight excluding hydrogens is 374 g/mol. The van der Waals surface area contributed by atoms with Gasteiger partial charge in [0.05, 0.1) is 14.2 Å². The maximum atomic E-state index is 12.0. The fraction of sp³-hybridized carbons (Fsp3) is 0.389. The Morgan fingerprint density at radius 3 is 2.41 bits per heavy atom. The predicted molar refractivity (Wildman–Crippen MR) is 101 cm³/mol. The average Bonchev–Trinajstić information content (AvgIpc) is 2.94. The van der Waals surface area contributed by atoms with E-state index in [2.05, 4.69) is 10.1 Å². The first-order valence-corrected chi connectivity index (χ1v) is 8.80. The molecule has 0 spiro atoms. The molecule has 0 aliphatic rings. The van der Waals surface area contributed by atoms with Gasteiger partial charge in [0.25, 0.3) is 0 Å². The normalized spacial score (nSPS) is 11.0. The molecule has 0 aliphatic heterocycles. The largest absolute Gasteiger partial charge is 0.479 e. The fourth-order valence-corrected chi connectivity index (χ4v) is 3.24. The van der Waals surface area contributed by atoms with Gasteiger partial charge in [-0.3, -0.25) is 5.32 Å². The fourth-order valence-electron chi connectivity index (χ4n) is 2.13. The summed E-state index contributed by atoms with van der Waals surface area (Å²) in [5.74, 6) is -0.929. The summed E-state index contributed by atoms with van der Waals surface area (Å²) in [5.41, 5.74) is -0.127. The van der Waals surface area contributed by atoms with Crippen molar-refractivity contribution in [2.75, 3.05) is 26.1 Å². The minimum Gasteiger partial charge on any atom is -0.479 e. The Balaban J connectivity index is 2.33. The van der Waals surface area contributed by atoms with Gasteiger partial charge >= 0.3 is 18.0 Å². The van der Waals surface area contributed by atoms with Crippen LogP contribution in [-0.4, -0.2) is 44.5 Å². The lowest BCUT2D eigenvalue weighted by molar-refractivity contribution is -0.142. The van der Waals surface area contributed by atoms with Gasteiger partial charge in [-0.25, -0.2) is 14.4 Å². The topological polar surface area (TPSA) is 100 Å². The van der Waals surface area contributed by atoms with Gasteiger partial charge in [-0.1, -0.05) is 0 Å². The highest BCUT2D eigenvalue weighted by Crippen LogP contribution is 2.39. The van der Waals surface area contributed by atoms with E-state index in [1.807, 2.05) is 0 Å². The second kappa shape index (κ2) is 8.26. The molecule has 1 heterocycles. The van der Waals surface area contributed by atoms with Gasteiger partial charge in [-0.2, -0.15) is 0 Å². The number of anilines is 1. The number of carbonyl (C=O) groups excluding carboxylic acids is 3. The molecule has 0 bridgehead atoms. The van der Waals surface area contributed by atoms with E-state index in [4.69, 9.17) is 14.2 Å². The summed E-state index contributed by atoms with van der Waals surface area (Å²) in [7, 11) is 2.50. The molecule has 0 atom stereocenters. The molecule has 2 aromatic rings. The highest BCUT2D eigenvalue weighted by atomic mass is 32.1. The van der Waals surface area contributed by atoms with Crippen LogP contribution in [0.1, 0.15) is 30.4 Å². The van der Waals surface area contributed by atoms with Gasteiger partial charge in [-0.05, 0) is 39.0 Å². The van der Waals surface area contributed by atoms with Crippen LogP contribution in [0.5, 0.6) is 5.75 Å². The second-order valence-electron chi connectivity index (χ2n) is 6.45. The maximum Gasteiger partial charge on any atom is 0.412 e. The number of hydrogen-bond donors (Lipinski definition) is 1. The number of nitrogens with one attached hydrogen (secondary N) is 1. The molecule has 0 unspecified atom stereocenters. The van der Waals surface area contributed by atoms with Crippen LogP contribution < -0.4 is 10.1 Å². The Bertz CT molecular complexity index is 866. The lowest BCUT2D eigenvalue weighted by Crippen LogP contribution is -2.27. The summed E-state index contributed by atoms with van der Waals surface area (Å²) in [4.78, 5) is 35.5. The minimum atomic E-state index is -0.621. The molecule has 1 aromatic carbocycles. The molecule has 146 valence electrons. The first-order valence-electron chi connectivity index (χ1n) is 7.99. The van der Waals surface area contributed by atoms with E-state index in [1.54, 1.807) is 39.0 Å². The lowest BCUT2D eigenvalue weighted by atomic mass is 10.2. The molecule has 0 saturated carbocycles. The van der Waals surface area contributed by atoms with Crippen molar-refractivity contribution in [3.8, 4) is 5.75 Å². The SMILES string of the molecule is COC(=O)COc1c(C(=O)OC)sc2cc(NC(=O)OC(C)(C)C)ccc12. The number of fused-ring (bicyclic) bond motifs is 1. The van der Waals surface area contributed by atoms with Crippen LogP contribution in [0, 0.1) is 0 Å². The van der Waals surface area contributed by atoms with Gasteiger partial charge < -0.3 is 18.9 Å². The third-order valence-electron chi connectivity index (χ3n) is 3.22. The van der Waals surface area contributed by atoms with Crippen molar-refractivity contribution in [1.82, 2.24) is 0 Å². The number of carbonyl (C=O) groups is 3. The van der Waals surface area contributed by atoms with Gasteiger partial charge in [0.2, 0.25) is 0 Å². The van der Waals surface area contributed by atoms with E-state index in [1.165, 1.54) is 14.2 Å². The van der Waals surface area contributed by atoms with E-state index >= 15 is 0 Å². The molecule has 1 aromatic heterocycles. The standard InChI is InChI=1S/C18H21NO7S/c1-18(2,3)26-17(22)19-10-6-7-11-12(8-10)27-15(16(21)24-5)14(11)25-9-13(20)23-4/h6-8H,9H2,1-5H3,(H,19,22). The smallest absolute Gasteiger partial charge is 0.412 e. The number of thiophene rings is 1. The van der Waals surface area contributed by atoms with Crippen LogP contribution in [0.2, 0.25) is 0 Å². The van der Waals surface area contributed by atoms with Crippen molar-refractivity contribution in [3.05, 3.63) is 23.1 Å². The molecular formula is C18H21NO7S. The second-order valence-corrected chi connectivity index (χ2v) is 7.51. The zero-order chi connectivity index (χ0) is 20.2. The van der Waals surface area contributed by atoms with E-state index in [9.17, 15) is 14.4 Å². The Kier molecular flexibility index (Phi) is 6.27. The van der Waals surface area contributed by atoms with Gasteiger partial charge in [-0.15, -0.1) is 11.3 Å². The van der Waals surface area contributed by atoms with E-state index in [0.29, 0.717) is 15.8 Å². The van der Waals surface area contributed by atoms with E-state index in [0.717, 1.165) is 11.3 Å². The van der Waals surface area contributed by atoms with Crippen LogP contribution in [0.25, 0.3) is 10.1 Å². The third-order valence-corrected chi connectivity index (χ3v) is 4.34. The van der Waals surface area contributed by atoms with Crippen molar-refractivity contribution >= 4 is 45.1 Å². The predicted octanol–water partition coefficient (Wildman–Crippen LogP) is 3.59. The van der Waals surface area contributed by atoms with Gasteiger partial charge in [0.1, 0.15) is 5.60 Å². The number of methoxy groups -OCH3 is 2. The van der Waals surface area contributed by atoms with Crippen molar-refractivity contribution < 1.29 is 33.3 Å². The number of ether oxygens (including phenoxy) is 4. The van der Waals surface area contributed by atoms with Gasteiger partial charge in [0, 0.05) is 15.8 Å². The number of hydrogen-bond acceptors (Lipinski definition) is 8. The van der Waals surface area contributed by atoms with Crippen LogP contribution in [0.4, 0.5) is 10.5 Å². The molecule has 0 fully saturated rings. The molecule has 9 heteroatoms. The lowest BCUT2D eigenvalue weighted by Gasteiger charge is -2.19. The van der Waals surface area contributed by atoms with Crippen molar-refractivity contribution in [3.63, 3.8) is 0 Å². The quantitative estimate of drug-likeness (QED) is 0.610. The summed E-state index contributed by atoms with van der Waals surface area (Å²) in [6.45, 7) is 4.96. The van der Waals surface area contributed by atoms with Crippen molar-refractivity contribution in [2.24, 2.45) is 0 Å². The Morgan fingerprint density at radius 1 is 1.11 bits per heavy atom. The van der Waals surface area contributed by atoms with E-state index in [-0.39, 0.29) is 17.2 Å². The zero-order valence-corrected chi connectivity index (χ0v) is 16.5. The zero-order valence-electron chi connectivity index (χ0n) is 15.7. The molecule has 0 radical (unpaired) electrons. The minimum absolute atomic E-state index is 0.214. The van der Waals surface area contributed by atoms with Gasteiger partial charge in [0.15, 0.2) is 17.2 Å². The average molecular weight is 395 g/mol. The molecule has 0 saturated heterocycles. The van der Waals surface area contributed by atoms with Crippen LogP contribution in [0.15, 0.2) is 18.2 Å². The number of benzene rings is 1. The Morgan fingerprint density at radius 2 is 1.81 bits per heavy atom. The molecule has 27 heavy (non-hydrogen) atoms. The molecule has 2 rings (SSSR count). The van der Waals surface area contributed by atoms with Crippen LogP contribution in [0.3, 0.4) is 0 Å². The van der Waals surface area contributed by atoms with Crippen molar-refractivity contribution in [1.29, 1.82) is 0 Å². The maximum absolute atomic E-state index is 12.0. The number of esters is 2. The van der Waals surface area contributed by atoms with E-state index < -0.39 is 23.6 Å². The molecule has 8 nitrogen and oxygen atoms in total. The third kappa shape index (κ3) is 5.33. The Labute approximate surface area is 160 Å². The first kappa shape index (κ1) is 20.5. The highest BCUT2D eigenvalue weighted by Gasteiger charge is 2.22. The summed E-state index contributed by atoms with van der Waals surface area (Å²) in [5, 5.41) is 3.25. The summed E-state index contributed by atoms with van der Waals surface area (Å²) in [6.07, 6.45) is -0.589. The van der Waals surface area contributed by atoms with Crippen LogP contribution >= 0.6 is 11.3 Å². The number of amides is 1. The molecule has 1 N–H and O–H groups in total. The Hall–Kier alpha value is -2.81. The summed E-state index contributed by atoms with van der Waals surface area (Å²) in [6, 6.07) is 5.00. The summed E-state index contributed by atoms with van der Waals surface area (Å²) >= 11 is 1.13. The molecule has 1 amide bonds. The number of rotatable bonds is 5. The monoisotopic (exact) mass is 395 g/mol. The van der Waals surface area contributed by atoms with Crippen molar-refractivity contribution in [2.45, 2.75) is 26.4 Å². The van der Waals surface area contributed by atoms with Crippen LogP contribution in [-0.2, 0) is 19.0 Å². The first-order chi connectivity index (χ1) is 12.6. The highest BCUT2D eigenvalue weighted by molar-refractivity contribution is 7.21.